The first-order valence-electron chi connectivity index (χ1n) is 10.3. The molecule has 7 nitrogen and oxygen atoms in total. The third-order valence-electron chi connectivity index (χ3n) is 4.76. The molecule has 0 unspecified atom stereocenters. The highest BCUT2D eigenvalue weighted by atomic mass is 19.1. The lowest BCUT2D eigenvalue weighted by Crippen LogP contribution is -2.38. The van der Waals surface area contributed by atoms with E-state index < -0.39 is 5.82 Å². The summed E-state index contributed by atoms with van der Waals surface area (Å²) in [6, 6.07) is 4.78. The molecule has 2 aromatic rings. The Balaban J connectivity index is 1.53. The van der Waals surface area contributed by atoms with Crippen LogP contribution >= 0.6 is 0 Å². The first kappa shape index (κ1) is 22.1. The summed E-state index contributed by atoms with van der Waals surface area (Å²) in [5.41, 5.74) is 0.949. The van der Waals surface area contributed by atoms with E-state index in [1.807, 2.05) is 13.8 Å². The fraction of sp³-hybridized carbons (Fsp3) is 0.500. The van der Waals surface area contributed by atoms with Crippen LogP contribution in [0.25, 0.3) is 11.1 Å². The van der Waals surface area contributed by atoms with Gasteiger partial charge < -0.3 is 14.8 Å². The molecule has 1 fully saturated rings. The summed E-state index contributed by atoms with van der Waals surface area (Å²) in [5.74, 6) is 0.755. The molecule has 2 heterocycles. The van der Waals surface area contributed by atoms with Crippen LogP contribution in [0.3, 0.4) is 0 Å². The second-order valence-corrected chi connectivity index (χ2v) is 7.71. The molecule has 1 aromatic carbocycles. The maximum Gasteiger partial charge on any atom is 0.227 e. The summed E-state index contributed by atoms with van der Waals surface area (Å²) in [5, 5.41) is 2.83. The molecule has 0 spiro atoms. The van der Waals surface area contributed by atoms with Crippen molar-refractivity contribution in [2.45, 2.75) is 20.3 Å². The number of halogens is 1. The zero-order valence-electron chi connectivity index (χ0n) is 17.6. The van der Waals surface area contributed by atoms with Crippen LogP contribution in [0.4, 0.5) is 4.39 Å². The summed E-state index contributed by atoms with van der Waals surface area (Å²) >= 11 is 0. The Morgan fingerprint density at radius 3 is 2.67 bits per heavy atom. The normalized spacial score (nSPS) is 14.7. The molecule has 1 aliphatic rings. The number of amides is 1. The van der Waals surface area contributed by atoms with Crippen molar-refractivity contribution in [1.82, 2.24) is 20.2 Å². The highest BCUT2D eigenvalue weighted by Gasteiger charge is 2.12. The van der Waals surface area contributed by atoms with E-state index in [1.54, 1.807) is 12.1 Å². The van der Waals surface area contributed by atoms with E-state index in [1.165, 1.54) is 18.5 Å². The maximum atomic E-state index is 14.6. The topological polar surface area (TPSA) is 76.6 Å². The summed E-state index contributed by atoms with van der Waals surface area (Å²) in [6.07, 6.45) is 3.18. The van der Waals surface area contributed by atoms with Crippen LogP contribution < -0.4 is 10.1 Å². The number of morpholine rings is 1. The van der Waals surface area contributed by atoms with E-state index in [9.17, 15) is 9.18 Å². The highest BCUT2D eigenvalue weighted by Crippen LogP contribution is 2.25. The molecule has 1 aromatic heterocycles. The predicted molar refractivity (Wildman–Crippen MR) is 112 cm³/mol. The Kier molecular flexibility index (Phi) is 8.10. The molecule has 1 aliphatic heterocycles. The SMILES string of the molecule is CC(C)CNC(=O)Cc1ncc(-c2ccc(OCCN3CCOCC3)cc2F)cn1. The van der Waals surface area contributed by atoms with Crippen molar-refractivity contribution in [3.05, 3.63) is 42.2 Å². The molecule has 0 bridgehead atoms. The molecule has 30 heavy (non-hydrogen) atoms. The van der Waals surface area contributed by atoms with Crippen LogP contribution in [0.1, 0.15) is 19.7 Å². The summed E-state index contributed by atoms with van der Waals surface area (Å²) in [6.45, 7) is 9.23. The minimum absolute atomic E-state index is 0.103. The van der Waals surface area contributed by atoms with Crippen molar-refractivity contribution in [2.24, 2.45) is 5.92 Å². The highest BCUT2D eigenvalue weighted by molar-refractivity contribution is 5.77. The standard InChI is InChI=1S/C22H29FN4O3/c1-16(2)13-26-22(28)12-21-24-14-17(15-25-21)19-4-3-18(11-20(19)23)30-10-7-27-5-8-29-9-6-27/h3-4,11,14-16H,5-10,12-13H2,1-2H3,(H,26,28). The maximum absolute atomic E-state index is 14.6. The van der Waals surface area contributed by atoms with Gasteiger partial charge in [0.15, 0.2) is 0 Å². The Hall–Kier alpha value is -2.58. The summed E-state index contributed by atoms with van der Waals surface area (Å²) < 4.78 is 25.6. The second-order valence-electron chi connectivity index (χ2n) is 7.71. The molecule has 1 amide bonds. The van der Waals surface area contributed by atoms with Crippen molar-refractivity contribution in [3.8, 4) is 16.9 Å². The number of rotatable bonds is 9. The van der Waals surface area contributed by atoms with Gasteiger partial charge in [-0.3, -0.25) is 9.69 Å². The monoisotopic (exact) mass is 416 g/mol. The van der Waals surface area contributed by atoms with Crippen molar-refractivity contribution in [3.63, 3.8) is 0 Å². The fourth-order valence-corrected chi connectivity index (χ4v) is 3.05. The molecule has 0 aliphatic carbocycles. The zero-order valence-corrected chi connectivity index (χ0v) is 17.6. The fourth-order valence-electron chi connectivity index (χ4n) is 3.05. The first-order chi connectivity index (χ1) is 14.5. The number of hydrogen-bond acceptors (Lipinski definition) is 6. The first-order valence-corrected chi connectivity index (χ1v) is 10.3. The Bertz CT molecular complexity index is 824. The van der Waals surface area contributed by atoms with E-state index in [-0.39, 0.29) is 12.3 Å². The molecule has 162 valence electrons. The molecule has 1 N–H and O–H groups in total. The molecule has 0 atom stereocenters. The van der Waals surface area contributed by atoms with Gasteiger partial charge in [-0.25, -0.2) is 14.4 Å². The smallest absolute Gasteiger partial charge is 0.227 e. The van der Waals surface area contributed by atoms with Gasteiger partial charge in [0.1, 0.15) is 24.0 Å². The second kappa shape index (κ2) is 11.0. The minimum atomic E-state index is -0.398. The average molecular weight is 416 g/mol. The Morgan fingerprint density at radius 1 is 1.27 bits per heavy atom. The van der Waals surface area contributed by atoms with Crippen LogP contribution in [-0.2, 0) is 16.0 Å². The van der Waals surface area contributed by atoms with Crippen LogP contribution in [0.2, 0.25) is 0 Å². The third-order valence-corrected chi connectivity index (χ3v) is 4.76. The van der Waals surface area contributed by atoms with Gasteiger partial charge >= 0.3 is 0 Å². The minimum Gasteiger partial charge on any atom is -0.492 e. The lowest BCUT2D eigenvalue weighted by Gasteiger charge is -2.26. The number of carbonyl (C=O) groups excluding carboxylic acids is 1. The predicted octanol–water partition coefficient (Wildman–Crippen LogP) is 2.31. The van der Waals surface area contributed by atoms with Gasteiger partial charge in [-0.2, -0.15) is 0 Å². The van der Waals surface area contributed by atoms with Gasteiger partial charge in [-0.1, -0.05) is 13.8 Å². The van der Waals surface area contributed by atoms with Gasteiger partial charge in [0.25, 0.3) is 0 Å². The zero-order chi connectivity index (χ0) is 21.3. The van der Waals surface area contributed by atoms with Crippen LogP contribution in [0.5, 0.6) is 5.75 Å². The van der Waals surface area contributed by atoms with Gasteiger partial charge in [-0.05, 0) is 18.1 Å². The number of aromatic nitrogens is 2. The van der Waals surface area contributed by atoms with Crippen molar-refractivity contribution in [2.75, 3.05) is 46.0 Å². The molecule has 1 saturated heterocycles. The van der Waals surface area contributed by atoms with E-state index >= 15 is 0 Å². The van der Waals surface area contributed by atoms with E-state index in [4.69, 9.17) is 9.47 Å². The lowest BCUT2D eigenvalue weighted by atomic mass is 10.1. The van der Waals surface area contributed by atoms with Gasteiger partial charge in [0.2, 0.25) is 5.91 Å². The number of benzene rings is 1. The number of carbonyl (C=O) groups is 1. The van der Waals surface area contributed by atoms with Crippen LogP contribution in [0, 0.1) is 11.7 Å². The van der Waals surface area contributed by atoms with E-state index in [2.05, 4.69) is 20.2 Å². The van der Waals surface area contributed by atoms with Crippen molar-refractivity contribution >= 4 is 5.91 Å². The van der Waals surface area contributed by atoms with Crippen molar-refractivity contribution < 1.29 is 18.7 Å². The number of hydrogen-bond donors (Lipinski definition) is 1. The Morgan fingerprint density at radius 2 is 2.00 bits per heavy atom. The summed E-state index contributed by atoms with van der Waals surface area (Å²) in [4.78, 5) is 22.5. The van der Waals surface area contributed by atoms with Crippen LogP contribution in [0.15, 0.2) is 30.6 Å². The number of ether oxygens (including phenoxy) is 2. The van der Waals surface area contributed by atoms with Crippen LogP contribution in [-0.4, -0.2) is 66.8 Å². The molecule has 3 rings (SSSR count). The van der Waals surface area contributed by atoms with Gasteiger partial charge in [-0.15, -0.1) is 0 Å². The molecular formula is C22H29FN4O3. The van der Waals surface area contributed by atoms with Crippen molar-refractivity contribution in [1.29, 1.82) is 0 Å². The third kappa shape index (κ3) is 6.74. The average Bonchev–Trinajstić information content (AvgIpc) is 2.74. The molecular weight excluding hydrogens is 387 g/mol. The molecule has 0 saturated carbocycles. The quantitative estimate of drug-likeness (QED) is 0.676. The van der Waals surface area contributed by atoms with E-state index in [0.29, 0.717) is 41.8 Å². The van der Waals surface area contributed by atoms with E-state index in [0.717, 1.165) is 32.8 Å². The number of nitrogens with one attached hydrogen (secondary N) is 1. The van der Waals surface area contributed by atoms with Gasteiger partial charge in [0, 0.05) is 55.8 Å². The Labute approximate surface area is 176 Å². The van der Waals surface area contributed by atoms with Gasteiger partial charge in [0.05, 0.1) is 19.6 Å². The largest absolute Gasteiger partial charge is 0.492 e. The molecule has 0 radical (unpaired) electrons. The lowest BCUT2D eigenvalue weighted by molar-refractivity contribution is -0.120. The molecule has 8 heteroatoms. The summed E-state index contributed by atoms with van der Waals surface area (Å²) in [7, 11) is 0. The number of nitrogens with zero attached hydrogens (tertiary/aromatic N) is 3.